The molecule has 4 nitrogen and oxygen atoms in total. The summed E-state index contributed by atoms with van der Waals surface area (Å²) in [5.41, 5.74) is 12.4. The lowest BCUT2D eigenvalue weighted by atomic mass is 9.88. The van der Waals surface area contributed by atoms with Crippen LogP contribution in [0.2, 0.25) is 5.02 Å². The first kappa shape index (κ1) is 12.2. The predicted octanol–water partition coefficient (Wildman–Crippen LogP) is 1.54. The van der Waals surface area contributed by atoms with Crippen molar-refractivity contribution in [3.63, 3.8) is 0 Å². The zero-order valence-corrected chi connectivity index (χ0v) is 10.2. The van der Waals surface area contributed by atoms with E-state index in [4.69, 9.17) is 23.1 Å². The van der Waals surface area contributed by atoms with Gasteiger partial charge in [-0.25, -0.2) is 4.79 Å². The number of hydrogen-bond donors (Lipinski definition) is 2. The van der Waals surface area contributed by atoms with Crippen LogP contribution in [0.5, 0.6) is 0 Å². The number of nitrogens with zero attached hydrogens (tertiary/aromatic N) is 1. The molecule has 5 heteroatoms. The predicted molar refractivity (Wildman–Crippen MR) is 67.9 cm³/mol. The Kier molecular flexibility index (Phi) is 3.54. The number of piperidine rings is 1. The van der Waals surface area contributed by atoms with Crippen LogP contribution >= 0.6 is 11.6 Å². The van der Waals surface area contributed by atoms with E-state index in [-0.39, 0.29) is 12.0 Å². The van der Waals surface area contributed by atoms with Gasteiger partial charge in [-0.15, -0.1) is 0 Å². The lowest BCUT2D eigenvalue weighted by molar-refractivity contribution is 0.180. The zero-order valence-electron chi connectivity index (χ0n) is 9.47. The summed E-state index contributed by atoms with van der Waals surface area (Å²) >= 11 is 5.85. The van der Waals surface area contributed by atoms with E-state index in [0.29, 0.717) is 18.1 Å². The molecule has 1 saturated heterocycles. The fourth-order valence-electron chi connectivity index (χ4n) is 2.29. The van der Waals surface area contributed by atoms with E-state index >= 15 is 0 Å². The zero-order chi connectivity index (χ0) is 12.4. The molecule has 0 bridgehead atoms. The third-order valence-electron chi connectivity index (χ3n) is 3.14. The van der Waals surface area contributed by atoms with Gasteiger partial charge < -0.3 is 16.4 Å². The Bertz CT molecular complexity index is 407. The van der Waals surface area contributed by atoms with Gasteiger partial charge in [-0.2, -0.15) is 0 Å². The molecule has 0 spiro atoms. The topological polar surface area (TPSA) is 72.4 Å². The Hall–Kier alpha value is -1.26. The van der Waals surface area contributed by atoms with Crippen LogP contribution in [0.15, 0.2) is 24.3 Å². The highest BCUT2D eigenvalue weighted by Crippen LogP contribution is 2.27. The number of rotatable bonds is 1. The number of halogens is 1. The van der Waals surface area contributed by atoms with Crippen LogP contribution in [0.4, 0.5) is 4.79 Å². The first-order chi connectivity index (χ1) is 8.06. The van der Waals surface area contributed by atoms with E-state index in [1.807, 2.05) is 24.3 Å². The number of carbonyl (C=O) groups is 1. The van der Waals surface area contributed by atoms with Gasteiger partial charge >= 0.3 is 6.03 Å². The van der Waals surface area contributed by atoms with E-state index < -0.39 is 6.03 Å². The number of likely N-dealkylation sites (tertiary alicyclic amines) is 1. The largest absolute Gasteiger partial charge is 0.351 e. The van der Waals surface area contributed by atoms with E-state index in [9.17, 15) is 4.79 Å². The first-order valence-electron chi connectivity index (χ1n) is 5.61. The number of benzene rings is 1. The van der Waals surface area contributed by atoms with Crippen LogP contribution in [0.1, 0.15) is 17.9 Å². The number of urea groups is 1. The third kappa shape index (κ3) is 2.90. The van der Waals surface area contributed by atoms with Crippen molar-refractivity contribution >= 4 is 17.6 Å². The molecule has 2 atom stereocenters. The molecule has 92 valence electrons. The van der Waals surface area contributed by atoms with Crippen LogP contribution < -0.4 is 11.5 Å². The second-order valence-electron chi connectivity index (χ2n) is 4.49. The Balaban J connectivity index is 2.15. The molecule has 0 aromatic heterocycles. The number of amides is 2. The molecule has 0 aliphatic carbocycles. The van der Waals surface area contributed by atoms with Crippen molar-refractivity contribution in [1.82, 2.24) is 4.90 Å². The molecule has 17 heavy (non-hydrogen) atoms. The van der Waals surface area contributed by atoms with Gasteiger partial charge in [-0.3, -0.25) is 0 Å². The molecule has 2 amide bonds. The minimum atomic E-state index is -0.404. The monoisotopic (exact) mass is 253 g/mol. The second kappa shape index (κ2) is 4.94. The van der Waals surface area contributed by atoms with E-state index in [0.717, 1.165) is 12.0 Å². The summed E-state index contributed by atoms with van der Waals surface area (Å²) < 4.78 is 0. The quantitative estimate of drug-likeness (QED) is 0.797. The minimum Gasteiger partial charge on any atom is -0.351 e. The maximum atomic E-state index is 11.2. The summed E-state index contributed by atoms with van der Waals surface area (Å²) in [6.07, 6.45) is 0.866. The van der Waals surface area contributed by atoms with E-state index in [1.54, 1.807) is 4.90 Å². The summed E-state index contributed by atoms with van der Waals surface area (Å²) in [6.45, 7) is 1.17. The molecule has 2 unspecified atom stereocenters. The number of hydrogen-bond acceptors (Lipinski definition) is 2. The van der Waals surface area contributed by atoms with Gasteiger partial charge in [0, 0.05) is 30.1 Å². The minimum absolute atomic E-state index is 0.0167. The highest BCUT2D eigenvalue weighted by Gasteiger charge is 2.27. The molecule has 0 saturated carbocycles. The highest BCUT2D eigenvalue weighted by atomic mass is 35.5. The third-order valence-corrected chi connectivity index (χ3v) is 3.39. The van der Waals surface area contributed by atoms with Gasteiger partial charge in [0.2, 0.25) is 0 Å². The van der Waals surface area contributed by atoms with Crippen LogP contribution in [0.25, 0.3) is 0 Å². The van der Waals surface area contributed by atoms with Crippen molar-refractivity contribution < 1.29 is 4.79 Å². The Labute approximate surface area is 106 Å². The molecule has 1 aromatic rings. The van der Waals surface area contributed by atoms with Crippen molar-refractivity contribution in [1.29, 1.82) is 0 Å². The molecule has 4 N–H and O–H groups in total. The van der Waals surface area contributed by atoms with Gasteiger partial charge in [0.05, 0.1) is 0 Å². The number of carbonyl (C=O) groups excluding carboxylic acids is 1. The normalized spacial score (nSPS) is 24.7. The Morgan fingerprint density at radius 1 is 1.29 bits per heavy atom. The summed E-state index contributed by atoms with van der Waals surface area (Å²) in [7, 11) is 0. The molecular weight excluding hydrogens is 238 g/mol. The smallest absolute Gasteiger partial charge is 0.314 e. The van der Waals surface area contributed by atoms with Gasteiger partial charge in [-0.1, -0.05) is 23.7 Å². The first-order valence-corrected chi connectivity index (χ1v) is 5.99. The van der Waals surface area contributed by atoms with Crippen molar-refractivity contribution in [3.8, 4) is 0 Å². The van der Waals surface area contributed by atoms with Gasteiger partial charge in [0.25, 0.3) is 0 Å². The fraction of sp³-hybridized carbons (Fsp3) is 0.417. The van der Waals surface area contributed by atoms with Crippen LogP contribution in [-0.4, -0.2) is 30.1 Å². The number of primary amides is 1. The Morgan fingerprint density at radius 2 is 1.94 bits per heavy atom. The average molecular weight is 254 g/mol. The van der Waals surface area contributed by atoms with Crippen molar-refractivity contribution in [3.05, 3.63) is 34.9 Å². The molecule has 1 fully saturated rings. The fourth-order valence-corrected chi connectivity index (χ4v) is 2.42. The van der Waals surface area contributed by atoms with Crippen LogP contribution in [-0.2, 0) is 0 Å². The standard InChI is InChI=1S/C12H16ClN3O/c13-10-3-1-8(2-4-10)9-5-11(14)7-16(6-9)12(15)17/h1-4,9,11H,5-7,14H2,(H2,15,17). The maximum absolute atomic E-state index is 11.2. The van der Waals surface area contributed by atoms with Gasteiger partial charge in [-0.05, 0) is 24.1 Å². The molecule has 1 aromatic carbocycles. The molecule has 0 radical (unpaired) electrons. The average Bonchev–Trinajstić information content (AvgIpc) is 2.29. The summed E-state index contributed by atoms with van der Waals surface area (Å²) in [4.78, 5) is 12.8. The van der Waals surface area contributed by atoms with Crippen molar-refractivity contribution in [2.24, 2.45) is 11.5 Å². The summed E-state index contributed by atoms with van der Waals surface area (Å²) in [5.74, 6) is 0.239. The molecule has 1 aliphatic heterocycles. The van der Waals surface area contributed by atoms with E-state index in [2.05, 4.69) is 0 Å². The van der Waals surface area contributed by atoms with E-state index in [1.165, 1.54) is 0 Å². The lowest BCUT2D eigenvalue weighted by Gasteiger charge is -2.35. The maximum Gasteiger partial charge on any atom is 0.314 e. The summed E-state index contributed by atoms with van der Waals surface area (Å²) in [6, 6.07) is 7.24. The summed E-state index contributed by atoms with van der Waals surface area (Å²) in [5, 5.41) is 0.709. The Morgan fingerprint density at radius 3 is 2.53 bits per heavy atom. The molecule has 1 aliphatic rings. The van der Waals surface area contributed by atoms with Crippen LogP contribution in [0, 0.1) is 0 Å². The molecule has 2 rings (SSSR count). The molecular formula is C12H16ClN3O. The van der Waals surface area contributed by atoms with Crippen molar-refractivity contribution in [2.75, 3.05) is 13.1 Å². The molecule has 1 heterocycles. The number of nitrogens with two attached hydrogens (primary N) is 2. The van der Waals surface area contributed by atoms with Crippen molar-refractivity contribution in [2.45, 2.75) is 18.4 Å². The SMILES string of the molecule is NC(=O)N1CC(N)CC(c2ccc(Cl)cc2)C1. The lowest BCUT2D eigenvalue weighted by Crippen LogP contribution is -2.50. The van der Waals surface area contributed by atoms with Gasteiger partial charge in [0.15, 0.2) is 0 Å². The second-order valence-corrected chi connectivity index (χ2v) is 4.92. The van der Waals surface area contributed by atoms with Crippen LogP contribution in [0.3, 0.4) is 0 Å². The highest BCUT2D eigenvalue weighted by molar-refractivity contribution is 6.30. The van der Waals surface area contributed by atoms with Gasteiger partial charge in [0.1, 0.15) is 0 Å².